The minimum Gasteiger partial charge on any atom is -0.382 e. The van der Waals surface area contributed by atoms with Crippen LogP contribution in [0.4, 0.5) is 15.8 Å². The Morgan fingerprint density at radius 2 is 1.86 bits per heavy atom. The number of nitro groups is 1. The lowest BCUT2D eigenvalue weighted by molar-refractivity contribution is -0.387. The van der Waals surface area contributed by atoms with Crippen LogP contribution in [-0.2, 0) is 0 Å². The van der Waals surface area contributed by atoms with Crippen molar-refractivity contribution in [3.8, 4) is 0 Å². The second-order valence-electron chi connectivity index (χ2n) is 5.34. The maximum atomic E-state index is 13.5. The molecule has 1 aliphatic carbocycles. The highest BCUT2D eigenvalue weighted by Crippen LogP contribution is 2.38. The van der Waals surface area contributed by atoms with Crippen LogP contribution in [0.25, 0.3) is 0 Å². The van der Waals surface area contributed by atoms with Gasteiger partial charge in [-0.1, -0.05) is 30.3 Å². The molecule has 0 heterocycles. The van der Waals surface area contributed by atoms with Crippen LogP contribution >= 0.6 is 0 Å². The number of nitrogens with zero attached hydrogens (tertiary/aromatic N) is 1. The summed E-state index contributed by atoms with van der Waals surface area (Å²) in [7, 11) is 0. The van der Waals surface area contributed by atoms with Gasteiger partial charge in [0, 0.05) is 23.9 Å². The van der Waals surface area contributed by atoms with Gasteiger partial charge in [0.05, 0.1) is 4.92 Å². The van der Waals surface area contributed by atoms with Crippen molar-refractivity contribution >= 4 is 11.4 Å². The maximum Gasteiger partial charge on any atom is 0.304 e. The molecule has 1 aliphatic rings. The first-order chi connectivity index (χ1) is 10.1. The first-order valence-electron chi connectivity index (χ1n) is 6.89. The first-order valence-corrected chi connectivity index (χ1v) is 6.89. The highest BCUT2D eigenvalue weighted by molar-refractivity contribution is 5.50. The van der Waals surface area contributed by atoms with Crippen LogP contribution in [0.2, 0.25) is 0 Å². The molecule has 4 nitrogen and oxygen atoms in total. The van der Waals surface area contributed by atoms with Gasteiger partial charge >= 0.3 is 5.69 Å². The summed E-state index contributed by atoms with van der Waals surface area (Å²) in [5.74, 6) is -0.268. The van der Waals surface area contributed by atoms with Crippen LogP contribution < -0.4 is 5.32 Å². The van der Waals surface area contributed by atoms with E-state index in [4.69, 9.17) is 0 Å². The maximum absolute atomic E-state index is 13.5. The molecule has 0 spiro atoms. The molecule has 21 heavy (non-hydrogen) atoms. The summed E-state index contributed by atoms with van der Waals surface area (Å²) in [6.07, 6.45) is 1.98. The fraction of sp³-hybridized carbons (Fsp3) is 0.250. The van der Waals surface area contributed by atoms with E-state index in [1.165, 1.54) is 17.7 Å². The lowest BCUT2D eigenvalue weighted by Gasteiger charge is -2.36. The molecule has 1 saturated carbocycles. The van der Waals surface area contributed by atoms with Gasteiger partial charge in [-0.25, -0.2) is 0 Å². The van der Waals surface area contributed by atoms with E-state index in [1.54, 1.807) is 6.07 Å². The fourth-order valence-electron chi connectivity index (χ4n) is 2.71. The summed E-state index contributed by atoms with van der Waals surface area (Å²) < 4.78 is 13.5. The summed E-state index contributed by atoms with van der Waals surface area (Å²) in [4.78, 5) is 9.85. The van der Waals surface area contributed by atoms with Crippen molar-refractivity contribution in [1.82, 2.24) is 0 Å². The zero-order valence-corrected chi connectivity index (χ0v) is 11.3. The van der Waals surface area contributed by atoms with Crippen molar-refractivity contribution in [3.63, 3.8) is 0 Å². The van der Waals surface area contributed by atoms with Crippen LogP contribution in [0, 0.1) is 15.9 Å². The third-order valence-electron chi connectivity index (χ3n) is 3.92. The molecule has 3 rings (SSSR count). The first kappa shape index (κ1) is 13.5. The van der Waals surface area contributed by atoms with Crippen molar-refractivity contribution in [3.05, 3.63) is 70.0 Å². The van der Waals surface area contributed by atoms with Gasteiger partial charge in [-0.05, 0) is 30.4 Å². The molecule has 0 atom stereocenters. The Balaban J connectivity index is 1.60. The Morgan fingerprint density at radius 3 is 2.48 bits per heavy atom. The average Bonchev–Trinajstić information content (AvgIpc) is 2.43. The number of hydrogen-bond donors (Lipinski definition) is 1. The Hall–Kier alpha value is -2.43. The van der Waals surface area contributed by atoms with Crippen molar-refractivity contribution in [2.75, 3.05) is 5.32 Å². The third-order valence-corrected chi connectivity index (χ3v) is 3.92. The normalized spacial score (nSPS) is 20.6. The average molecular weight is 286 g/mol. The lowest BCUT2D eigenvalue weighted by Crippen LogP contribution is -2.33. The fourth-order valence-corrected chi connectivity index (χ4v) is 2.71. The minimum absolute atomic E-state index is 0.288. The van der Waals surface area contributed by atoms with Crippen molar-refractivity contribution < 1.29 is 9.31 Å². The molecule has 1 N–H and O–H groups in total. The van der Waals surface area contributed by atoms with Gasteiger partial charge in [0.1, 0.15) is 0 Å². The van der Waals surface area contributed by atoms with E-state index in [2.05, 4.69) is 17.4 Å². The van der Waals surface area contributed by atoms with E-state index in [9.17, 15) is 14.5 Å². The minimum atomic E-state index is -0.802. The highest BCUT2D eigenvalue weighted by atomic mass is 19.1. The van der Waals surface area contributed by atoms with Gasteiger partial charge in [0.2, 0.25) is 5.82 Å². The largest absolute Gasteiger partial charge is 0.382 e. The number of benzene rings is 2. The highest BCUT2D eigenvalue weighted by Gasteiger charge is 2.30. The van der Waals surface area contributed by atoms with Gasteiger partial charge < -0.3 is 5.32 Å². The summed E-state index contributed by atoms with van der Waals surface area (Å²) in [5.41, 5.74) is 1.43. The smallest absolute Gasteiger partial charge is 0.304 e. The molecule has 0 saturated heterocycles. The monoisotopic (exact) mass is 286 g/mol. The van der Waals surface area contributed by atoms with Crippen LogP contribution in [0.1, 0.15) is 24.3 Å². The number of nitro benzene ring substituents is 1. The van der Waals surface area contributed by atoms with Crippen LogP contribution in [0.15, 0.2) is 48.5 Å². The van der Waals surface area contributed by atoms with Crippen LogP contribution in [0.3, 0.4) is 0 Å². The van der Waals surface area contributed by atoms with Gasteiger partial charge in [-0.15, -0.1) is 0 Å². The van der Waals surface area contributed by atoms with Gasteiger partial charge in [0.15, 0.2) is 0 Å². The van der Waals surface area contributed by atoms with Crippen LogP contribution in [0.5, 0.6) is 0 Å². The number of nitrogens with one attached hydrogen (secondary N) is 1. The second-order valence-corrected chi connectivity index (χ2v) is 5.34. The molecule has 0 amide bonds. The predicted octanol–water partition coefficient (Wildman–Crippen LogP) is 4.09. The summed E-state index contributed by atoms with van der Waals surface area (Å²) >= 11 is 0. The zero-order chi connectivity index (χ0) is 14.8. The zero-order valence-electron chi connectivity index (χ0n) is 11.3. The van der Waals surface area contributed by atoms with E-state index in [1.807, 2.05) is 18.2 Å². The summed E-state index contributed by atoms with van der Waals surface area (Å²) in [6, 6.07) is 14.5. The Labute approximate surface area is 121 Å². The molecular formula is C16H15FN2O2. The van der Waals surface area contributed by atoms with Gasteiger partial charge in [-0.3, -0.25) is 10.1 Å². The Bertz CT molecular complexity index is 655. The Morgan fingerprint density at radius 1 is 1.14 bits per heavy atom. The standard InChI is InChI=1S/C16H15FN2O2/c17-15-10-13(6-7-16(15)19(20)21)18-14-8-12(9-14)11-4-2-1-3-5-11/h1-7,10,12,14,18H,8-9H2. The quantitative estimate of drug-likeness (QED) is 0.680. The number of anilines is 1. The SMILES string of the molecule is O=[N+]([O-])c1ccc(NC2CC(c3ccccc3)C2)cc1F. The topological polar surface area (TPSA) is 55.2 Å². The summed E-state index contributed by atoms with van der Waals surface area (Å²) in [5, 5.41) is 13.8. The number of hydrogen-bond acceptors (Lipinski definition) is 3. The predicted molar refractivity (Wildman–Crippen MR) is 78.9 cm³/mol. The molecule has 0 aromatic heterocycles. The van der Waals surface area contributed by atoms with Gasteiger partial charge in [-0.2, -0.15) is 4.39 Å². The molecule has 2 aromatic rings. The molecular weight excluding hydrogens is 271 g/mol. The molecule has 0 radical (unpaired) electrons. The molecule has 1 fully saturated rings. The molecule has 0 aliphatic heterocycles. The van der Waals surface area contributed by atoms with Crippen molar-refractivity contribution in [2.45, 2.75) is 24.8 Å². The Kier molecular flexibility index (Phi) is 3.56. The molecule has 108 valence electrons. The van der Waals surface area contributed by atoms with E-state index in [0.29, 0.717) is 11.6 Å². The van der Waals surface area contributed by atoms with Crippen LogP contribution in [-0.4, -0.2) is 11.0 Å². The van der Waals surface area contributed by atoms with E-state index >= 15 is 0 Å². The second kappa shape index (κ2) is 5.52. The van der Waals surface area contributed by atoms with Crippen molar-refractivity contribution in [1.29, 1.82) is 0 Å². The lowest BCUT2D eigenvalue weighted by atomic mass is 9.76. The van der Waals surface area contributed by atoms with E-state index in [-0.39, 0.29) is 6.04 Å². The molecule has 0 bridgehead atoms. The number of rotatable bonds is 4. The number of halogens is 1. The van der Waals surface area contributed by atoms with E-state index in [0.717, 1.165) is 12.8 Å². The van der Waals surface area contributed by atoms with Gasteiger partial charge in [0.25, 0.3) is 0 Å². The summed E-state index contributed by atoms with van der Waals surface area (Å²) in [6.45, 7) is 0. The molecule has 2 aromatic carbocycles. The van der Waals surface area contributed by atoms with Crippen molar-refractivity contribution in [2.24, 2.45) is 0 Å². The third kappa shape index (κ3) is 2.86. The van der Waals surface area contributed by atoms with E-state index < -0.39 is 16.4 Å². The molecule has 0 unspecified atom stereocenters. The molecule has 5 heteroatoms.